The highest BCUT2D eigenvalue weighted by molar-refractivity contribution is 6.24. The molecule has 4 aliphatic rings. The molecule has 4 unspecified atom stereocenters. The number of piperazine rings is 1. The number of aliphatic hydroxyl groups excluding tert-OH is 3. The van der Waals surface area contributed by atoms with Crippen molar-refractivity contribution in [3.05, 3.63) is 52.0 Å². The third-order valence-electron chi connectivity index (χ3n) is 10.4. The van der Waals surface area contributed by atoms with Crippen LogP contribution in [0, 0.1) is 11.8 Å². The zero-order chi connectivity index (χ0) is 34.8. The zero-order valence-electron chi connectivity index (χ0n) is 27.6. The molecular formula is C34H43N5O9. The fraction of sp³-hybridized carbons (Fsp3) is 0.500. The van der Waals surface area contributed by atoms with Crippen molar-refractivity contribution >= 4 is 28.9 Å². The number of ketones is 2. The van der Waals surface area contributed by atoms with Crippen LogP contribution in [0.25, 0.3) is 17.1 Å². The molecule has 48 heavy (non-hydrogen) atoms. The molecular weight excluding hydrogens is 622 g/mol. The Morgan fingerprint density at radius 1 is 1.06 bits per heavy atom. The van der Waals surface area contributed by atoms with E-state index in [1.54, 1.807) is 26.2 Å². The molecule has 6 rings (SSSR count). The van der Waals surface area contributed by atoms with Gasteiger partial charge >= 0.3 is 0 Å². The number of amides is 1. The fourth-order valence-electron chi connectivity index (χ4n) is 8.02. The maximum Gasteiger partial charge on any atom is 0.255 e. The Morgan fingerprint density at radius 3 is 2.33 bits per heavy atom. The van der Waals surface area contributed by atoms with Crippen LogP contribution in [-0.2, 0) is 27.3 Å². The number of nitrogens with two attached hydrogens (primary N) is 1. The maximum atomic E-state index is 14.2. The molecule has 258 valence electrons. The quantitative estimate of drug-likeness (QED) is 0.212. The average molecular weight is 666 g/mol. The first-order valence-electron chi connectivity index (χ1n) is 16.1. The van der Waals surface area contributed by atoms with Gasteiger partial charge in [-0.15, -0.1) is 0 Å². The Bertz CT molecular complexity index is 1740. The number of Topliss-reactive ketones (excluding diaryl/α,β-unsaturated/α-hetero) is 2. The van der Waals surface area contributed by atoms with E-state index in [0.717, 1.165) is 26.2 Å². The number of fused-ring (bicyclic) bond motifs is 3. The van der Waals surface area contributed by atoms with Crippen molar-refractivity contribution in [3.8, 4) is 17.1 Å². The molecule has 1 aromatic carbocycles. The number of aromatic hydroxyl groups is 1. The SMILES string of the molecule is CN(C)c1cc(-c2ccc(CN3CCN(CCO)CC3)o2)c(O)c2c1CC1CC3C(N(C)C)C(=O)C(C(N)=O)=C(O)C3(O)C(=O)C1=C2O. The first-order valence-corrected chi connectivity index (χ1v) is 16.1. The lowest BCUT2D eigenvalue weighted by Gasteiger charge is -2.50. The summed E-state index contributed by atoms with van der Waals surface area (Å²) in [5, 5.41) is 55.8. The molecule has 2 heterocycles. The van der Waals surface area contributed by atoms with Gasteiger partial charge in [0.2, 0.25) is 5.78 Å². The number of phenolic OH excluding ortho intramolecular Hbond substituents is 1. The van der Waals surface area contributed by atoms with E-state index < -0.39 is 58.0 Å². The number of carbonyl (C=O) groups is 3. The summed E-state index contributed by atoms with van der Waals surface area (Å²) in [5.41, 5.74) is 3.19. The highest BCUT2D eigenvalue weighted by Crippen LogP contribution is 2.55. The summed E-state index contributed by atoms with van der Waals surface area (Å²) in [6, 6.07) is 4.19. The van der Waals surface area contributed by atoms with Crippen LogP contribution in [-0.4, -0.2) is 137 Å². The molecule has 7 N–H and O–H groups in total. The lowest BCUT2D eigenvalue weighted by molar-refractivity contribution is -0.153. The summed E-state index contributed by atoms with van der Waals surface area (Å²) in [7, 11) is 6.77. The molecule has 0 bridgehead atoms. The number of primary amides is 1. The van der Waals surface area contributed by atoms with Crippen LogP contribution < -0.4 is 10.6 Å². The minimum absolute atomic E-state index is 0.00504. The number of hydrogen-bond acceptors (Lipinski definition) is 13. The van der Waals surface area contributed by atoms with E-state index >= 15 is 0 Å². The number of β-amino-alcohol motifs (C(OH)–C–C–N with tert-alkyl or cyclic N) is 1. The molecule has 1 saturated carbocycles. The van der Waals surface area contributed by atoms with Gasteiger partial charge in [-0.2, -0.15) is 0 Å². The van der Waals surface area contributed by atoms with Gasteiger partial charge in [-0.3, -0.25) is 29.1 Å². The Hall–Kier alpha value is -4.21. The lowest BCUT2D eigenvalue weighted by Crippen LogP contribution is -2.65. The molecule has 3 aliphatic carbocycles. The zero-order valence-corrected chi connectivity index (χ0v) is 27.6. The molecule has 14 heteroatoms. The first kappa shape index (κ1) is 33.7. The van der Waals surface area contributed by atoms with Crippen molar-refractivity contribution in [1.29, 1.82) is 0 Å². The van der Waals surface area contributed by atoms with Crippen LogP contribution in [0.5, 0.6) is 5.75 Å². The second-order valence-electron chi connectivity index (χ2n) is 13.6. The maximum absolute atomic E-state index is 14.2. The predicted octanol–water partition coefficient (Wildman–Crippen LogP) is 0.400. The van der Waals surface area contributed by atoms with Gasteiger partial charge in [-0.05, 0) is 56.6 Å². The summed E-state index contributed by atoms with van der Waals surface area (Å²) in [6.45, 7) is 4.59. The minimum Gasteiger partial charge on any atom is -0.508 e. The van der Waals surface area contributed by atoms with E-state index in [9.17, 15) is 39.9 Å². The third-order valence-corrected chi connectivity index (χ3v) is 10.4. The van der Waals surface area contributed by atoms with E-state index in [1.165, 1.54) is 4.90 Å². The number of aliphatic hydroxyl groups is 4. The number of nitrogens with zero attached hydrogens (tertiary/aromatic N) is 4. The van der Waals surface area contributed by atoms with E-state index in [1.807, 2.05) is 25.1 Å². The number of hydrogen-bond donors (Lipinski definition) is 6. The second-order valence-corrected chi connectivity index (χ2v) is 13.6. The number of rotatable bonds is 8. The van der Waals surface area contributed by atoms with Crippen LogP contribution in [0.4, 0.5) is 5.69 Å². The standard InChI is InChI=1S/C34H43N5O9/c1-36(2)22-15-20(23-6-5-18(48-23)16-39-9-7-38(8-10-39)11-12-40)28(41)25-19(22)13-17-14-21-27(37(3)4)30(43)26(33(35)46)32(45)34(21,47)31(44)24(17)29(25)42/h5-6,15,17,21,27,40-42,45,47H,7-14,16H2,1-4H3,(H2,35,46). The van der Waals surface area contributed by atoms with Crippen LogP contribution in [0.1, 0.15) is 23.3 Å². The molecule has 4 atom stereocenters. The minimum atomic E-state index is -2.71. The van der Waals surface area contributed by atoms with Gasteiger partial charge in [-0.1, -0.05) is 0 Å². The molecule has 0 spiro atoms. The Labute approximate surface area is 277 Å². The normalized spacial score (nSPS) is 26.5. The molecule has 0 radical (unpaired) electrons. The number of benzene rings is 1. The van der Waals surface area contributed by atoms with Gasteiger partial charge in [0.05, 0.1) is 30.3 Å². The van der Waals surface area contributed by atoms with Gasteiger partial charge < -0.3 is 40.6 Å². The van der Waals surface area contributed by atoms with Crippen LogP contribution in [0.2, 0.25) is 0 Å². The molecule has 1 aliphatic heterocycles. The van der Waals surface area contributed by atoms with Crippen molar-refractivity contribution in [1.82, 2.24) is 14.7 Å². The van der Waals surface area contributed by atoms with Crippen molar-refractivity contribution in [2.24, 2.45) is 17.6 Å². The van der Waals surface area contributed by atoms with Gasteiger partial charge in [0.15, 0.2) is 11.4 Å². The lowest BCUT2D eigenvalue weighted by atomic mass is 9.57. The Kier molecular flexibility index (Phi) is 8.67. The number of likely N-dealkylation sites (N-methyl/N-ethyl adjacent to an activating group) is 1. The summed E-state index contributed by atoms with van der Waals surface area (Å²) < 4.78 is 6.20. The summed E-state index contributed by atoms with van der Waals surface area (Å²) in [6.07, 6.45) is 0.193. The summed E-state index contributed by atoms with van der Waals surface area (Å²) in [4.78, 5) is 47.6. The highest BCUT2D eigenvalue weighted by Gasteiger charge is 2.64. The number of carbonyl (C=O) groups excluding carboxylic acids is 3. The van der Waals surface area contributed by atoms with E-state index in [0.29, 0.717) is 35.9 Å². The Morgan fingerprint density at radius 2 is 1.73 bits per heavy atom. The molecule has 1 amide bonds. The van der Waals surface area contributed by atoms with Gasteiger partial charge in [0, 0.05) is 64.0 Å². The molecule has 2 aromatic rings. The summed E-state index contributed by atoms with van der Waals surface area (Å²) >= 11 is 0. The topological polar surface area (TPSA) is 204 Å². The molecule has 14 nitrogen and oxygen atoms in total. The largest absolute Gasteiger partial charge is 0.508 e. The highest BCUT2D eigenvalue weighted by atomic mass is 16.4. The van der Waals surface area contributed by atoms with Crippen LogP contribution in [0.3, 0.4) is 0 Å². The second kappa shape index (κ2) is 12.3. The predicted molar refractivity (Wildman–Crippen MR) is 175 cm³/mol. The smallest absolute Gasteiger partial charge is 0.255 e. The van der Waals surface area contributed by atoms with Crippen LogP contribution in [0.15, 0.2) is 39.5 Å². The summed E-state index contributed by atoms with van der Waals surface area (Å²) in [5.74, 6) is -5.91. The molecule has 1 aromatic heterocycles. The van der Waals surface area contributed by atoms with E-state index in [2.05, 4.69) is 9.80 Å². The van der Waals surface area contributed by atoms with Gasteiger partial charge in [-0.25, -0.2) is 0 Å². The monoisotopic (exact) mass is 665 g/mol. The van der Waals surface area contributed by atoms with Gasteiger partial charge in [0.1, 0.15) is 34.4 Å². The first-order chi connectivity index (χ1) is 22.7. The average Bonchev–Trinajstić information content (AvgIpc) is 3.47. The van der Waals surface area contributed by atoms with Gasteiger partial charge in [0.25, 0.3) is 5.91 Å². The van der Waals surface area contributed by atoms with E-state index in [-0.39, 0.29) is 41.9 Å². The van der Waals surface area contributed by atoms with Crippen molar-refractivity contribution < 1.29 is 44.3 Å². The third kappa shape index (κ3) is 5.19. The van der Waals surface area contributed by atoms with E-state index in [4.69, 9.17) is 10.2 Å². The van der Waals surface area contributed by atoms with Crippen molar-refractivity contribution in [2.45, 2.75) is 31.0 Å². The number of anilines is 1. The number of phenols is 1. The van der Waals surface area contributed by atoms with Crippen molar-refractivity contribution in [3.63, 3.8) is 0 Å². The molecule has 1 saturated heterocycles. The fourth-order valence-corrected chi connectivity index (χ4v) is 8.02. The molecule has 2 fully saturated rings. The Balaban J connectivity index is 1.41. The number of furan rings is 1. The van der Waals surface area contributed by atoms with Crippen LogP contribution >= 0.6 is 0 Å². The van der Waals surface area contributed by atoms with Crippen molar-refractivity contribution in [2.75, 3.05) is 72.4 Å².